The van der Waals surface area contributed by atoms with E-state index in [1.165, 1.54) is 0 Å². The summed E-state index contributed by atoms with van der Waals surface area (Å²) in [5.74, 6) is -1.87. The molecule has 6 nitrogen and oxygen atoms in total. The highest BCUT2D eigenvalue weighted by Gasteiger charge is 2.42. The van der Waals surface area contributed by atoms with E-state index >= 15 is 0 Å². The fourth-order valence-corrected chi connectivity index (χ4v) is 2.06. The zero-order valence-corrected chi connectivity index (χ0v) is 10.9. The average Bonchev–Trinajstić information content (AvgIpc) is 2.26. The molecule has 0 aromatic heterocycles. The van der Waals surface area contributed by atoms with E-state index in [1.807, 2.05) is 0 Å². The van der Waals surface area contributed by atoms with Crippen molar-refractivity contribution in [3.63, 3.8) is 0 Å². The lowest BCUT2D eigenvalue weighted by molar-refractivity contribution is -0.157. The largest absolute Gasteiger partial charge is 0.481 e. The third-order valence-corrected chi connectivity index (χ3v) is 3.35. The van der Waals surface area contributed by atoms with Crippen LogP contribution in [0.15, 0.2) is 0 Å². The number of methoxy groups -OCH3 is 2. The molecule has 6 heteroatoms. The minimum Gasteiger partial charge on any atom is -0.481 e. The molecule has 0 aliphatic heterocycles. The molecule has 0 aromatic rings. The van der Waals surface area contributed by atoms with Gasteiger partial charge in [0.2, 0.25) is 5.91 Å². The van der Waals surface area contributed by atoms with Crippen molar-refractivity contribution < 1.29 is 24.2 Å². The van der Waals surface area contributed by atoms with Crippen LogP contribution in [0.3, 0.4) is 0 Å². The van der Waals surface area contributed by atoms with Crippen molar-refractivity contribution in [3.05, 3.63) is 0 Å². The number of ether oxygens (including phenoxy) is 2. The zero-order chi connectivity index (χ0) is 13.5. The lowest BCUT2D eigenvalue weighted by atomic mass is 9.73. The predicted octanol–water partition coefficient (Wildman–Crippen LogP) is 0.219. The molecule has 1 amide bonds. The molecule has 1 fully saturated rings. The first kappa shape index (κ1) is 14.9. The lowest BCUT2D eigenvalue weighted by Crippen LogP contribution is -2.47. The van der Waals surface area contributed by atoms with Gasteiger partial charge in [-0.1, -0.05) is 0 Å². The normalized spacial score (nSPS) is 22.3. The van der Waals surface area contributed by atoms with E-state index in [1.54, 1.807) is 19.1 Å². The number of rotatable bonds is 8. The van der Waals surface area contributed by atoms with E-state index in [-0.39, 0.29) is 11.8 Å². The highest BCUT2D eigenvalue weighted by atomic mass is 16.5. The van der Waals surface area contributed by atoms with Gasteiger partial charge < -0.3 is 19.5 Å². The maximum absolute atomic E-state index is 12.2. The van der Waals surface area contributed by atoms with E-state index in [0.29, 0.717) is 39.1 Å². The Hall–Kier alpha value is -1.14. The summed E-state index contributed by atoms with van der Waals surface area (Å²) >= 11 is 0. The summed E-state index contributed by atoms with van der Waals surface area (Å²) in [5.41, 5.74) is 0. The Kier molecular flexibility index (Phi) is 6.07. The van der Waals surface area contributed by atoms with E-state index in [0.717, 1.165) is 0 Å². The highest BCUT2D eigenvalue weighted by Crippen LogP contribution is 2.35. The van der Waals surface area contributed by atoms with Gasteiger partial charge >= 0.3 is 5.97 Å². The van der Waals surface area contributed by atoms with Crippen molar-refractivity contribution >= 4 is 11.9 Å². The van der Waals surface area contributed by atoms with E-state index in [9.17, 15) is 9.59 Å². The number of carboxylic acids is 1. The molecule has 0 aromatic carbocycles. The first-order valence-corrected chi connectivity index (χ1v) is 6.11. The minimum absolute atomic E-state index is 0.0947. The Labute approximate surface area is 107 Å². The van der Waals surface area contributed by atoms with Crippen LogP contribution in [-0.4, -0.2) is 62.4 Å². The number of nitrogens with zero attached hydrogens (tertiary/aromatic N) is 1. The Morgan fingerprint density at radius 2 is 1.61 bits per heavy atom. The zero-order valence-electron chi connectivity index (χ0n) is 10.9. The molecule has 2 atom stereocenters. The quantitative estimate of drug-likeness (QED) is 0.674. The standard InChI is InChI=1S/C12H21NO5/c1-17-7-5-13(6-8-18-2)11(14)9-3-4-10(9)12(15)16/h9-10H,3-8H2,1-2H3,(H,15,16). The lowest BCUT2D eigenvalue weighted by Gasteiger charge is -2.36. The van der Waals surface area contributed by atoms with Crippen molar-refractivity contribution in [1.29, 1.82) is 0 Å². The van der Waals surface area contributed by atoms with Crippen molar-refractivity contribution in [2.45, 2.75) is 12.8 Å². The van der Waals surface area contributed by atoms with Crippen molar-refractivity contribution in [2.75, 3.05) is 40.5 Å². The second-order valence-corrected chi connectivity index (χ2v) is 4.44. The molecule has 1 saturated carbocycles. The van der Waals surface area contributed by atoms with Gasteiger partial charge in [-0.15, -0.1) is 0 Å². The molecule has 1 rings (SSSR count). The number of carbonyl (C=O) groups excluding carboxylic acids is 1. The Bertz CT molecular complexity index is 286. The second-order valence-electron chi connectivity index (χ2n) is 4.44. The molecule has 104 valence electrons. The number of carboxylic acid groups (broad SMARTS) is 1. The average molecular weight is 259 g/mol. The molecule has 1 aliphatic rings. The molecular formula is C12H21NO5. The number of aliphatic carboxylic acids is 1. The molecule has 0 spiro atoms. The van der Waals surface area contributed by atoms with Crippen LogP contribution in [0.25, 0.3) is 0 Å². The van der Waals surface area contributed by atoms with Crippen LogP contribution in [0.2, 0.25) is 0 Å². The van der Waals surface area contributed by atoms with E-state index in [4.69, 9.17) is 14.6 Å². The monoisotopic (exact) mass is 259 g/mol. The number of hydrogen-bond donors (Lipinski definition) is 1. The van der Waals surface area contributed by atoms with Crippen LogP contribution in [0.4, 0.5) is 0 Å². The molecule has 1 aliphatic carbocycles. The molecule has 0 radical (unpaired) electrons. The SMILES string of the molecule is COCCN(CCOC)C(=O)C1CCC1C(=O)O. The maximum atomic E-state index is 12.2. The van der Waals surface area contributed by atoms with Gasteiger partial charge in [0.1, 0.15) is 0 Å². The Morgan fingerprint density at radius 3 is 1.94 bits per heavy atom. The Morgan fingerprint density at radius 1 is 1.11 bits per heavy atom. The van der Waals surface area contributed by atoms with E-state index < -0.39 is 11.9 Å². The highest BCUT2D eigenvalue weighted by molar-refractivity contribution is 5.86. The third-order valence-electron chi connectivity index (χ3n) is 3.35. The summed E-state index contributed by atoms with van der Waals surface area (Å²) in [5, 5.41) is 8.97. The summed E-state index contributed by atoms with van der Waals surface area (Å²) in [7, 11) is 3.14. The van der Waals surface area contributed by atoms with Gasteiger partial charge in [0.05, 0.1) is 25.0 Å². The van der Waals surface area contributed by atoms with Crippen molar-refractivity contribution in [3.8, 4) is 0 Å². The summed E-state index contributed by atoms with van der Waals surface area (Å²) in [6, 6.07) is 0. The molecular weight excluding hydrogens is 238 g/mol. The molecule has 18 heavy (non-hydrogen) atoms. The molecule has 2 unspecified atom stereocenters. The second kappa shape index (κ2) is 7.33. The smallest absolute Gasteiger partial charge is 0.307 e. The fraction of sp³-hybridized carbons (Fsp3) is 0.833. The number of amides is 1. The van der Waals surface area contributed by atoms with Gasteiger partial charge in [0.25, 0.3) is 0 Å². The summed E-state index contributed by atoms with van der Waals surface area (Å²) in [4.78, 5) is 24.8. The first-order valence-electron chi connectivity index (χ1n) is 6.11. The predicted molar refractivity (Wildman–Crippen MR) is 64.2 cm³/mol. The van der Waals surface area contributed by atoms with Crippen LogP contribution < -0.4 is 0 Å². The summed E-state index contributed by atoms with van der Waals surface area (Å²) in [6.45, 7) is 1.84. The molecule has 0 saturated heterocycles. The van der Waals surface area contributed by atoms with Gasteiger partial charge in [0, 0.05) is 27.3 Å². The van der Waals surface area contributed by atoms with Crippen LogP contribution in [0, 0.1) is 11.8 Å². The Balaban J connectivity index is 2.54. The van der Waals surface area contributed by atoms with Gasteiger partial charge in [-0.05, 0) is 12.8 Å². The van der Waals surface area contributed by atoms with Gasteiger partial charge in [-0.3, -0.25) is 9.59 Å². The van der Waals surface area contributed by atoms with Crippen molar-refractivity contribution in [1.82, 2.24) is 4.90 Å². The van der Waals surface area contributed by atoms with Gasteiger partial charge in [-0.25, -0.2) is 0 Å². The summed E-state index contributed by atoms with van der Waals surface area (Å²) < 4.78 is 9.91. The first-order chi connectivity index (χ1) is 8.61. The van der Waals surface area contributed by atoms with Crippen LogP contribution in [-0.2, 0) is 19.1 Å². The fourth-order valence-electron chi connectivity index (χ4n) is 2.06. The number of hydrogen-bond acceptors (Lipinski definition) is 4. The molecule has 0 heterocycles. The van der Waals surface area contributed by atoms with Gasteiger partial charge in [-0.2, -0.15) is 0 Å². The topological polar surface area (TPSA) is 76.1 Å². The number of carbonyl (C=O) groups is 2. The van der Waals surface area contributed by atoms with E-state index in [2.05, 4.69) is 0 Å². The van der Waals surface area contributed by atoms with Crippen LogP contribution >= 0.6 is 0 Å². The maximum Gasteiger partial charge on any atom is 0.307 e. The molecule has 0 bridgehead atoms. The van der Waals surface area contributed by atoms with Gasteiger partial charge in [0.15, 0.2) is 0 Å². The van der Waals surface area contributed by atoms with Crippen molar-refractivity contribution in [2.24, 2.45) is 11.8 Å². The third kappa shape index (κ3) is 3.68. The summed E-state index contributed by atoms with van der Waals surface area (Å²) in [6.07, 6.45) is 1.25. The molecule has 1 N–H and O–H groups in total. The van der Waals surface area contributed by atoms with Crippen LogP contribution in [0.1, 0.15) is 12.8 Å². The van der Waals surface area contributed by atoms with Crippen LogP contribution in [0.5, 0.6) is 0 Å². The minimum atomic E-state index is -0.877.